The Hall–Kier alpha value is -1.26. The lowest BCUT2D eigenvalue weighted by Gasteiger charge is -2.06. The van der Waals surface area contributed by atoms with E-state index in [1.165, 1.54) is 18.4 Å². The summed E-state index contributed by atoms with van der Waals surface area (Å²) in [5.74, 6) is 2.53. The summed E-state index contributed by atoms with van der Waals surface area (Å²) >= 11 is 0. The average molecular weight is 249 g/mol. The van der Waals surface area contributed by atoms with E-state index in [1.807, 2.05) is 12.1 Å². The number of benzene rings is 1. The molecule has 4 heteroatoms. The fourth-order valence-corrected chi connectivity index (χ4v) is 1.96. The molecule has 1 saturated carbocycles. The Balaban J connectivity index is 1.34. The predicted octanol–water partition coefficient (Wildman–Crippen LogP) is 1.93. The van der Waals surface area contributed by atoms with Gasteiger partial charge in [-0.15, -0.1) is 0 Å². The SMILES string of the molecule is c1cc2c(cc1CNCCOCC1CC1)OCO2. The summed E-state index contributed by atoms with van der Waals surface area (Å²) < 4.78 is 16.2. The Kier molecular flexibility index (Phi) is 3.67. The highest BCUT2D eigenvalue weighted by Crippen LogP contribution is 2.32. The minimum atomic E-state index is 0.335. The zero-order valence-corrected chi connectivity index (χ0v) is 10.5. The second-order valence-electron chi connectivity index (χ2n) is 4.88. The molecule has 1 aromatic rings. The molecule has 0 spiro atoms. The fraction of sp³-hybridized carbons (Fsp3) is 0.571. The summed E-state index contributed by atoms with van der Waals surface area (Å²) in [4.78, 5) is 0. The molecule has 2 aliphatic rings. The van der Waals surface area contributed by atoms with Gasteiger partial charge in [-0.1, -0.05) is 6.07 Å². The lowest BCUT2D eigenvalue weighted by atomic mass is 10.2. The van der Waals surface area contributed by atoms with Crippen LogP contribution < -0.4 is 14.8 Å². The highest BCUT2D eigenvalue weighted by atomic mass is 16.7. The van der Waals surface area contributed by atoms with E-state index in [-0.39, 0.29) is 0 Å². The first-order valence-electron chi connectivity index (χ1n) is 6.59. The number of hydrogen-bond donors (Lipinski definition) is 1. The number of nitrogens with one attached hydrogen (secondary N) is 1. The van der Waals surface area contributed by atoms with Crippen LogP contribution in [-0.2, 0) is 11.3 Å². The zero-order chi connectivity index (χ0) is 12.2. The van der Waals surface area contributed by atoms with Crippen LogP contribution in [0.25, 0.3) is 0 Å². The first-order valence-corrected chi connectivity index (χ1v) is 6.59. The van der Waals surface area contributed by atoms with Gasteiger partial charge < -0.3 is 19.5 Å². The third-order valence-corrected chi connectivity index (χ3v) is 3.24. The van der Waals surface area contributed by atoms with Crippen molar-refractivity contribution in [3.63, 3.8) is 0 Å². The minimum Gasteiger partial charge on any atom is -0.454 e. The van der Waals surface area contributed by atoms with Gasteiger partial charge in [0, 0.05) is 19.7 Å². The van der Waals surface area contributed by atoms with E-state index in [9.17, 15) is 0 Å². The predicted molar refractivity (Wildman–Crippen MR) is 67.8 cm³/mol. The van der Waals surface area contributed by atoms with Crippen molar-refractivity contribution >= 4 is 0 Å². The largest absolute Gasteiger partial charge is 0.454 e. The molecule has 1 heterocycles. The van der Waals surface area contributed by atoms with Crippen LogP contribution in [0.1, 0.15) is 18.4 Å². The number of hydrogen-bond acceptors (Lipinski definition) is 4. The molecule has 0 unspecified atom stereocenters. The van der Waals surface area contributed by atoms with Gasteiger partial charge in [-0.25, -0.2) is 0 Å². The maximum atomic E-state index is 5.56. The Morgan fingerprint density at radius 3 is 3.00 bits per heavy atom. The molecule has 0 atom stereocenters. The van der Waals surface area contributed by atoms with E-state index in [0.717, 1.165) is 43.7 Å². The number of fused-ring (bicyclic) bond motifs is 1. The van der Waals surface area contributed by atoms with Crippen LogP contribution in [0.15, 0.2) is 18.2 Å². The van der Waals surface area contributed by atoms with Crippen LogP contribution in [0.3, 0.4) is 0 Å². The average Bonchev–Trinajstić information content (AvgIpc) is 3.09. The Morgan fingerprint density at radius 1 is 1.22 bits per heavy atom. The van der Waals surface area contributed by atoms with Gasteiger partial charge in [0.2, 0.25) is 6.79 Å². The topological polar surface area (TPSA) is 39.7 Å². The Bertz CT molecular complexity index is 404. The molecule has 1 aliphatic heterocycles. The van der Waals surface area contributed by atoms with E-state index in [0.29, 0.717) is 6.79 Å². The summed E-state index contributed by atoms with van der Waals surface area (Å²) in [6, 6.07) is 6.05. The molecule has 1 aromatic carbocycles. The second kappa shape index (κ2) is 5.59. The molecule has 1 N–H and O–H groups in total. The third kappa shape index (κ3) is 3.15. The van der Waals surface area contributed by atoms with Gasteiger partial charge in [-0.3, -0.25) is 0 Å². The van der Waals surface area contributed by atoms with Gasteiger partial charge in [0.25, 0.3) is 0 Å². The molecule has 4 nitrogen and oxygen atoms in total. The van der Waals surface area contributed by atoms with Gasteiger partial charge in [-0.2, -0.15) is 0 Å². The summed E-state index contributed by atoms with van der Waals surface area (Å²) in [7, 11) is 0. The van der Waals surface area contributed by atoms with E-state index in [2.05, 4.69) is 11.4 Å². The van der Waals surface area contributed by atoms with Gasteiger partial charge in [-0.05, 0) is 36.5 Å². The van der Waals surface area contributed by atoms with Crippen molar-refractivity contribution in [2.45, 2.75) is 19.4 Å². The van der Waals surface area contributed by atoms with Crippen molar-refractivity contribution in [3.05, 3.63) is 23.8 Å². The van der Waals surface area contributed by atoms with Gasteiger partial charge >= 0.3 is 0 Å². The highest BCUT2D eigenvalue weighted by Gasteiger charge is 2.20. The first-order chi connectivity index (χ1) is 8.92. The lowest BCUT2D eigenvalue weighted by molar-refractivity contribution is 0.126. The van der Waals surface area contributed by atoms with Crippen LogP contribution in [0.5, 0.6) is 11.5 Å². The van der Waals surface area contributed by atoms with Crippen molar-refractivity contribution in [1.29, 1.82) is 0 Å². The zero-order valence-electron chi connectivity index (χ0n) is 10.5. The summed E-state index contributed by atoms with van der Waals surface area (Å²) in [5.41, 5.74) is 1.21. The van der Waals surface area contributed by atoms with Crippen LogP contribution in [0.4, 0.5) is 0 Å². The smallest absolute Gasteiger partial charge is 0.231 e. The van der Waals surface area contributed by atoms with Crippen LogP contribution >= 0.6 is 0 Å². The van der Waals surface area contributed by atoms with Crippen molar-refractivity contribution < 1.29 is 14.2 Å². The number of ether oxygens (including phenoxy) is 3. The monoisotopic (exact) mass is 249 g/mol. The molecular formula is C14H19NO3. The summed E-state index contributed by atoms with van der Waals surface area (Å²) in [6.45, 7) is 3.79. The molecule has 0 amide bonds. The van der Waals surface area contributed by atoms with E-state index in [1.54, 1.807) is 0 Å². The normalized spacial score (nSPS) is 17.1. The third-order valence-electron chi connectivity index (χ3n) is 3.24. The van der Waals surface area contributed by atoms with Crippen molar-refractivity contribution in [1.82, 2.24) is 5.32 Å². The van der Waals surface area contributed by atoms with Gasteiger partial charge in [0.15, 0.2) is 11.5 Å². The van der Waals surface area contributed by atoms with Crippen LogP contribution in [0.2, 0.25) is 0 Å². The maximum absolute atomic E-state index is 5.56. The standard InChI is InChI=1S/C14H19NO3/c1-2-11(1)9-16-6-5-15-8-12-3-4-13-14(7-12)18-10-17-13/h3-4,7,11,15H,1-2,5-6,8-10H2. The Morgan fingerprint density at radius 2 is 2.11 bits per heavy atom. The van der Waals surface area contributed by atoms with Gasteiger partial charge in [0.1, 0.15) is 0 Å². The van der Waals surface area contributed by atoms with Crippen LogP contribution in [-0.4, -0.2) is 26.6 Å². The Labute approximate surface area is 107 Å². The molecule has 0 radical (unpaired) electrons. The molecule has 0 saturated heterocycles. The maximum Gasteiger partial charge on any atom is 0.231 e. The van der Waals surface area contributed by atoms with Crippen molar-refractivity contribution in [2.24, 2.45) is 5.92 Å². The van der Waals surface area contributed by atoms with Gasteiger partial charge in [0.05, 0.1) is 6.61 Å². The molecule has 3 rings (SSSR count). The van der Waals surface area contributed by atoms with E-state index in [4.69, 9.17) is 14.2 Å². The van der Waals surface area contributed by atoms with Crippen molar-refractivity contribution in [2.75, 3.05) is 26.6 Å². The molecule has 0 aromatic heterocycles. The quantitative estimate of drug-likeness (QED) is 0.750. The fourth-order valence-electron chi connectivity index (χ4n) is 1.96. The second-order valence-corrected chi connectivity index (χ2v) is 4.88. The lowest BCUT2D eigenvalue weighted by Crippen LogP contribution is -2.19. The minimum absolute atomic E-state index is 0.335. The molecule has 1 fully saturated rings. The van der Waals surface area contributed by atoms with E-state index < -0.39 is 0 Å². The van der Waals surface area contributed by atoms with Crippen molar-refractivity contribution in [3.8, 4) is 11.5 Å². The van der Waals surface area contributed by atoms with E-state index >= 15 is 0 Å². The molecular weight excluding hydrogens is 230 g/mol. The van der Waals surface area contributed by atoms with Crippen LogP contribution in [0, 0.1) is 5.92 Å². The first kappa shape index (κ1) is 11.8. The molecule has 1 aliphatic carbocycles. The number of rotatable bonds is 7. The molecule has 0 bridgehead atoms. The summed E-state index contributed by atoms with van der Waals surface area (Å²) in [5, 5.41) is 3.37. The molecule has 18 heavy (non-hydrogen) atoms. The summed E-state index contributed by atoms with van der Waals surface area (Å²) in [6.07, 6.45) is 2.70. The highest BCUT2D eigenvalue weighted by molar-refractivity contribution is 5.44. The molecule has 98 valence electrons.